The van der Waals surface area contributed by atoms with Crippen LogP contribution in [0, 0.1) is 0 Å². The minimum absolute atomic E-state index is 0.00125. The van der Waals surface area contributed by atoms with E-state index in [0.717, 1.165) is 45.7 Å². The van der Waals surface area contributed by atoms with Crippen LogP contribution in [0.1, 0.15) is 40.1 Å². The molecule has 1 amide bonds. The maximum absolute atomic E-state index is 13.4. The summed E-state index contributed by atoms with van der Waals surface area (Å²) < 4.78 is 7.10. The zero-order valence-electron chi connectivity index (χ0n) is 19.2. The van der Waals surface area contributed by atoms with Crippen molar-refractivity contribution in [1.29, 1.82) is 0 Å². The number of carbonyl (C=O) groups excluding carboxylic acids is 1. The lowest BCUT2D eigenvalue weighted by Gasteiger charge is -2.23. The van der Waals surface area contributed by atoms with Gasteiger partial charge in [0.05, 0.1) is 25.4 Å². The maximum Gasteiger partial charge on any atom is 0.262 e. The van der Waals surface area contributed by atoms with Gasteiger partial charge in [-0.05, 0) is 48.8 Å². The highest BCUT2D eigenvalue weighted by Crippen LogP contribution is 2.33. The Morgan fingerprint density at radius 1 is 1.15 bits per heavy atom. The van der Waals surface area contributed by atoms with E-state index < -0.39 is 0 Å². The highest BCUT2D eigenvalue weighted by molar-refractivity contribution is 7.18. The van der Waals surface area contributed by atoms with E-state index in [1.165, 1.54) is 16.9 Å². The van der Waals surface area contributed by atoms with Crippen LogP contribution in [0.4, 0.5) is 0 Å². The summed E-state index contributed by atoms with van der Waals surface area (Å²) in [5.74, 6) is 0.762. The molecule has 6 nitrogen and oxygen atoms in total. The number of methoxy groups -OCH3 is 1. The Balaban J connectivity index is 1.36. The third-order valence-corrected chi connectivity index (χ3v) is 8.40. The van der Waals surface area contributed by atoms with E-state index in [1.54, 1.807) is 40.7 Å². The zero-order valence-corrected chi connectivity index (χ0v) is 20.8. The summed E-state index contributed by atoms with van der Waals surface area (Å²) in [4.78, 5) is 36.3. The summed E-state index contributed by atoms with van der Waals surface area (Å²) in [5, 5.41) is 2.78. The van der Waals surface area contributed by atoms with Crippen molar-refractivity contribution in [1.82, 2.24) is 14.5 Å². The van der Waals surface area contributed by atoms with Gasteiger partial charge in [0.2, 0.25) is 5.91 Å². The van der Waals surface area contributed by atoms with Gasteiger partial charge in [-0.25, -0.2) is 4.98 Å². The number of ether oxygens (including phenoxy) is 1. The van der Waals surface area contributed by atoms with Crippen molar-refractivity contribution in [3.05, 3.63) is 79.3 Å². The molecule has 3 aromatic heterocycles. The van der Waals surface area contributed by atoms with Crippen molar-refractivity contribution in [2.45, 2.75) is 51.7 Å². The van der Waals surface area contributed by atoms with Gasteiger partial charge in [0.15, 0.2) is 0 Å². The smallest absolute Gasteiger partial charge is 0.262 e. The molecule has 0 fully saturated rings. The zero-order chi connectivity index (χ0) is 23.5. The van der Waals surface area contributed by atoms with E-state index in [9.17, 15) is 9.59 Å². The van der Waals surface area contributed by atoms with E-state index >= 15 is 0 Å². The fraction of sp³-hybridized carbons (Fsp3) is 0.346. The number of amides is 1. The predicted octanol–water partition coefficient (Wildman–Crippen LogP) is 5.03. The first-order valence-electron chi connectivity index (χ1n) is 11.6. The number of thiophene rings is 2. The molecule has 0 spiro atoms. The van der Waals surface area contributed by atoms with E-state index in [1.807, 2.05) is 46.7 Å². The average Bonchev–Trinajstić information content (AvgIpc) is 3.51. The van der Waals surface area contributed by atoms with Crippen molar-refractivity contribution in [3.63, 3.8) is 0 Å². The molecule has 0 bridgehead atoms. The monoisotopic (exact) mass is 493 g/mol. The lowest BCUT2D eigenvalue weighted by molar-refractivity contribution is -0.132. The first-order valence-corrected chi connectivity index (χ1v) is 13.3. The Morgan fingerprint density at radius 3 is 2.82 bits per heavy atom. The van der Waals surface area contributed by atoms with Crippen LogP contribution >= 0.6 is 22.7 Å². The van der Waals surface area contributed by atoms with Crippen LogP contribution in [0.15, 0.2) is 52.9 Å². The van der Waals surface area contributed by atoms with Gasteiger partial charge >= 0.3 is 0 Å². The van der Waals surface area contributed by atoms with Crippen LogP contribution in [0.25, 0.3) is 10.2 Å². The van der Waals surface area contributed by atoms with E-state index in [0.29, 0.717) is 19.6 Å². The SMILES string of the molecule is COc1ccccc1CN(Cc1cccs1)C(=O)CCn1cnc2sc3c(c2c1=O)CCCC3. The topological polar surface area (TPSA) is 64.4 Å². The number of para-hydroxylation sites is 1. The molecule has 5 rings (SSSR count). The van der Waals surface area contributed by atoms with Gasteiger partial charge in [0.1, 0.15) is 10.6 Å². The first kappa shape index (κ1) is 22.8. The summed E-state index contributed by atoms with van der Waals surface area (Å²) in [6.07, 6.45) is 6.11. The molecule has 0 aliphatic heterocycles. The largest absolute Gasteiger partial charge is 0.496 e. The van der Waals surface area contributed by atoms with Gasteiger partial charge in [-0.1, -0.05) is 24.3 Å². The minimum atomic E-state index is -0.0215. The quantitative estimate of drug-likeness (QED) is 0.346. The lowest BCUT2D eigenvalue weighted by Crippen LogP contribution is -2.32. The second kappa shape index (κ2) is 10.1. The van der Waals surface area contributed by atoms with Crippen molar-refractivity contribution in [2.24, 2.45) is 0 Å². The molecule has 1 aliphatic rings. The molecule has 176 valence electrons. The molecule has 34 heavy (non-hydrogen) atoms. The highest BCUT2D eigenvalue weighted by atomic mass is 32.1. The van der Waals surface area contributed by atoms with Gasteiger partial charge < -0.3 is 9.64 Å². The molecule has 0 saturated carbocycles. The summed E-state index contributed by atoms with van der Waals surface area (Å²) in [5.41, 5.74) is 2.12. The highest BCUT2D eigenvalue weighted by Gasteiger charge is 2.21. The van der Waals surface area contributed by atoms with Crippen molar-refractivity contribution in [2.75, 3.05) is 7.11 Å². The summed E-state index contributed by atoms with van der Waals surface area (Å²) in [7, 11) is 1.64. The van der Waals surface area contributed by atoms with Gasteiger partial charge in [-0.15, -0.1) is 22.7 Å². The van der Waals surface area contributed by atoms with E-state index in [2.05, 4.69) is 4.98 Å². The standard InChI is InChI=1S/C26H27N3O3S2/c1-32-21-10-4-2-7-18(21)15-29(16-19-8-6-14-33-19)23(30)12-13-28-17-27-25-24(26(28)31)20-9-3-5-11-22(20)34-25/h2,4,6-8,10,14,17H,3,5,9,11-13,15-16H2,1H3. The number of aromatic nitrogens is 2. The van der Waals surface area contributed by atoms with Crippen LogP contribution in [0.3, 0.4) is 0 Å². The molecule has 0 atom stereocenters. The van der Waals surface area contributed by atoms with E-state index in [-0.39, 0.29) is 17.9 Å². The fourth-order valence-corrected chi connectivity index (χ4v) is 6.52. The van der Waals surface area contributed by atoms with E-state index in [4.69, 9.17) is 4.74 Å². The average molecular weight is 494 g/mol. The second-order valence-electron chi connectivity index (χ2n) is 8.53. The molecule has 8 heteroatoms. The van der Waals surface area contributed by atoms with Gasteiger partial charge in [0, 0.05) is 34.8 Å². The molecular weight excluding hydrogens is 466 g/mol. The van der Waals surface area contributed by atoms with Crippen LogP contribution in [-0.4, -0.2) is 27.5 Å². The fourth-order valence-electron chi connectivity index (χ4n) is 4.58. The molecule has 1 aromatic carbocycles. The van der Waals surface area contributed by atoms with Crippen molar-refractivity contribution in [3.8, 4) is 5.75 Å². The Hall–Kier alpha value is -2.97. The number of carbonyl (C=O) groups is 1. The number of rotatable bonds is 8. The van der Waals surface area contributed by atoms with Crippen molar-refractivity contribution < 1.29 is 9.53 Å². The molecule has 1 aliphatic carbocycles. The predicted molar refractivity (Wildman–Crippen MR) is 137 cm³/mol. The molecular formula is C26H27N3O3S2. The summed E-state index contributed by atoms with van der Waals surface area (Å²) >= 11 is 3.28. The van der Waals surface area contributed by atoms with Gasteiger partial charge in [0.25, 0.3) is 5.56 Å². The Bertz CT molecular complexity index is 1360. The molecule has 4 aromatic rings. The number of aryl methyl sites for hydroxylation is 3. The Kier molecular flexibility index (Phi) is 6.78. The minimum Gasteiger partial charge on any atom is -0.496 e. The number of hydrogen-bond acceptors (Lipinski definition) is 6. The Labute approximate surface area is 206 Å². The molecule has 0 saturated heterocycles. The lowest BCUT2D eigenvalue weighted by atomic mass is 9.97. The number of benzene rings is 1. The van der Waals surface area contributed by atoms with Crippen LogP contribution in [0.2, 0.25) is 0 Å². The second-order valence-corrected chi connectivity index (χ2v) is 10.6. The maximum atomic E-state index is 13.4. The molecule has 0 N–H and O–H groups in total. The normalized spacial score (nSPS) is 13.1. The molecule has 0 radical (unpaired) electrons. The van der Waals surface area contributed by atoms with Gasteiger partial charge in [-0.2, -0.15) is 0 Å². The van der Waals surface area contributed by atoms with Crippen LogP contribution < -0.4 is 10.3 Å². The third kappa shape index (κ3) is 4.65. The third-order valence-electron chi connectivity index (χ3n) is 6.34. The number of hydrogen-bond donors (Lipinski definition) is 0. The molecule has 0 unspecified atom stereocenters. The van der Waals surface area contributed by atoms with Gasteiger partial charge in [-0.3, -0.25) is 14.2 Å². The first-order chi connectivity index (χ1) is 16.6. The van der Waals surface area contributed by atoms with Crippen LogP contribution in [0.5, 0.6) is 5.75 Å². The van der Waals surface area contributed by atoms with Crippen molar-refractivity contribution >= 4 is 38.8 Å². The summed E-state index contributed by atoms with van der Waals surface area (Å²) in [6, 6.07) is 11.8. The Morgan fingerprint density at radius 2 is 2.00 bits per heavy atom. The summed E-state index contributed by atoms with van der Waals surface area (Å²) in [6.45, 7) is 1.29. The van der Waals surface area contributed by atoms with Crippen LogP contribution in [-0.2, 0) is 37.3 Å². The number of fused-ring (bicyclic) bond motifs is 3. The number of nitrogens with zero attached hydrogens (tertiary/aromatic N) is 3. The molecule has 3 heterocycles.